The second kappa shape index (κ2) is 13.3. The van der Waals surface area contributed by atoms with Crippen LogP contribution in [0.25, 0.3) is 0 Å². The predicted octanol–water partition coefficient (Wildman–Crippen LogP) is 7.28. The number of rotatable bonds is 9. The molecule has 4 nitrogen and oxygen atoms in total. The van der Waals surface area contributed by atoms with Crippen molar-refractivity contribution in [2.24, 2.45) is 0 Å². The largest absolute Gasteiger partial charge is 0.352 e. The van der Waals surface area contributed by atoms with Crippen LogP contribution in [0.5, 0.6) is 0 Å². The fourth-order valence-corrected chi connectivity index (χ4v) is 5.39. The third-order valence-electron chi connectivity index (χ3n) is 6.80. The summed E-state index contributed by atoms with van der Waals surface area (Å²) in [4.78, 5) is 29.3. The molecule has 0 heterocycles. The summed E-state index contributed by atoms with van der Waals surface area (Å²) in [7, 11) is 0. The highest BCUT2D eigenvalue weighted by atomic mass is 35.5. The molecule has 0 aromatic heterocycles. The number of nitrogens with one attached hydrogen (secondary N) is 1. The topological polar surface area (TPSA) is 49.4 Å². The van der Waals surface area contributed by atoms with E-state index in [0.29, 0.717) is 21.5 Å². The molecule has 1 N–H and O–H groups in total. The van der Waals surface area contributed by atoms with Gasteiger partial charge in [0.25, 0.3) is 0 Å². The summed E-state index contributed by atoms with van der Waals surface area (Å²) in [5.41, 5.74) is 2.58. The van der Waals surface area contributed by atoms with Crippen molar-refractivity contribution in [3.8, 4) is 0 Å². The molecule has 1 fully saturated rings. The first-order chi connectivity index (χ1) is 17.9. The molecule has 3 aromatic carbocycles. The number of hydrogen-bond acceptors (Lipinski definition) is 2. The molecule has 7 heteroatoms. The van der Waals surface area contributed by atoms with Gasteiger partial charge in [-0.25, -0.2) is 0 Å². The van der Waals surface area contributed by atoms with Gasteiger partial charge in [0.1, 0.15) is 6.04 Å². The van der Waals surface area contributed by atoms with Gasteiger partial charge in [0, 0.05) is 24.0 Å². The number of hydrogen-bond donors (Lipinski definition) is 1. The lowest BCUT2D eigenvalue weighted by atomic mass is 9.94. The average molecular weight is 558 g/mol. The van der Waals surface area contributed by atoms with Crippen molar-refractivity contribution in [1.82, 2.24) is 10.2 Å². The molecule has 4 rings (SSSR count). The van der Waals surface area contributed by atoms with E-state index in [4.69, 9.17) is 34.8 Å². The van der Waals surface area contributed by atoms with Crippen LogP contribution in [0, 0.1) is 0 Å². The van der Waals surface area contributed by atoms with Crippen LogP contribution in [0.4, 0.5) is 0 Å². The molecule has 1 aliphatic carbocycles. The van der Waals surface area contributed by atoms with Crippen LogP contribution in [0.1, 0.15) is 48.8 Å². The second-order valence-corrected chi connectivity index (χ2v) is 10.9. The van der Waals surface area contributed by atoms with Gasteiger partial charge in [-0.05, 0) is 53.8 Å². The van der Waals surface area contributed by atoms with Crippen molar-refractivity contribution in [2.75, 3.05) is 0 Å². The highest BCUT2D eigenvalue weighted by Crippen LogP contribution is 2.25. The Bertz CT molecular complexity index is 1210. The van der Waals surface area contributed by atoms with Crippen LogP contribution in [0.15, 0.2) is 72.8 Å². The van der Waals surface area contributed by atoms with Crippen LogP contribution in [-0.2, 0) is 29.0 Å². The van der Waals surface area contributed by atoms with Gasteiger partial charge in [-0.2, -0.15) is 0 Å². The molecule has 0 radical (unpaired) electrons. The van der Waals surface area contributed by atoms with Gasteiger partial charge in [0.2, 0.25) is 11.8 Å². The molecule has 194 valence electrons. The smallest absolute Gasteiger partial charge is 0.243 e. The molecular weight excluding hydrogens is 527 g/mol. The summed E-state index contributed by atoms with van der Waals surface area (Å²) in [5.74, 6) is -0.289. The third kappa shape index (κ3) is 7.98. The Morgan fingerprint density at radius 2 is 1.54 bits per heavy atom. The maximum atomic E-state index is 13.9. The fourth-order valence-electron chi connectivity index (χ4n) is 4.86. The Morgan fingerprint density at radius 3 is 2.24 bits per heavy atom. The molecule has 37 heavy (non-hydrogen) atoms. The van der Waals surface area contributed by atoms with Crippen molar-refractivity contribution < 1.29 is 9.59 Å². The van der Waals surface area contributed by atoms with E-state index in [1.165, 1.54) is 6.42 Å². The van der Waals surface area contributed by atoms with E-state index in [9.17, 15) is 9.59 Å². The standard InChI is InChI=1S/C30H31Cl3N2O2/c31-24-11-7-10-22(16-24)19-29(36)35(20-23-14-15-26(32)27(33)17-23)28(18-21-8-3-1-4-9-21)30(37)34-25-12-5-2-6-13-25/h1,3-4,7-11,14-17,25,28H,2,5-6,12-13,18-20H2,(H,34,37)/t28-/m1/s1. The molecule has 0 aliphatic heterocycles. The molecule has 0 bridgehead atoms. The zero-order valence-corrected chi connectivity index (χ0v) is 22.9. The molecule has 1 aliphatic rings. The van der Waals surface area contributed by atoms with Crippen molar-refractivity contribution >= 4 is 46.6 Å². The second-order valence-electron chi connectivity index (χ2n) is 9.63. The summed E-state index contributed by atoms with van der Waals surface area (Å²) < 4.78 is 0. The first-order valence-corrected chi connectivity index (χ1v) is 13.8. The minimum Gasteiger partial charge on any atom is -0.352 e. The SMILES string of the molecule is O=C(NC1CCCCC1)[C@@H](Cc1ccccc1)N(Cc1ccc(Cl)c(Cl)c1)C(=O)Cc1cccc(Cl)c1. The van der Waals surface area contributed by atoms with E-state index < -0.39 is 6.04 Å². The maximum Gasteiger partial charge on any atom is 0.243 e. The number of nitrogens with zero attached hydrogens (tertiary/aromatic N) is 1. The van der Waals surface area contributed by atoms with E-state index >= 15 is 0 Å². The molecule has 0 spiro atoms. The number of halogens is 3. The normalized spacial score (nSPS) is 14.7. The van der Waals surface area contributed by atoms with E-state index in [-0.39, 0.29) is 30.8 Å². The van der Waals surface area contributed by atoms with E-state index in [1.54, 1.807) is 29.2 Å². The lowest BCUT2D eigenvalue weighted by molar-refractivity contribution is -0.141. The van der Waals surface area contributed by atoms with Crippen molar-refractivity contribution in [3.63, 3.8) is 0 Å². The monoisotopic (exact) mass is 556 g/mol. The Kier molecular flexibility index (Phi) is 9.90. The van der Waals surface area contributed by atoms with E-state index in [1.807, 2.05) is 48.5 Å². The molecule has 0 saturated heterocycles. The number of amides is 2. The predicted molar refractivity (Wildman–Crippen MR) is 151 cm³/mol. The van der Waals surface area contributed by atoms with Gasteiger partial charge in [-0.15, -0.1) is 0 Å². The molecule has 3 aromatic rings. The van der Waals surface area contributed by atoms with Crippen molar-refractivity contribution in [2.45, 2.75) is 63.6 Å². The van der Waals surface area contributed by atoms with Gasteiger partial charge in [0.05, 0.1) is 16.5 Å². The van der Waals surface area contributed by atoms with Gasteiger partial charge >= 0.3 is 0 Å². The number of carbonyl (C=O) groups is 2. The van der Waals surface area contributed by atoms with Gasteiger partial charge < -0.3 is 10.2 Å². The molecule has 1 saturated carbocycles. The molecular formula is C30H31Cl3N2O2. The van der Waals surface area contributed by atoms with Gasteiger partial charge in [-0.1, -0.05) is 103 Å². The van der Waals surface area contributed by atoms with Crippen molar-refractivity contribution in [1.29, 1.82) is 0 Å². The van der Waals surface area contributed by atoms with Gasteiger partial charge in [-0.3, -0.25) is 9.59 Å². The summed E-state index contributed by atoms with van der Waals surface area (Å²) in [6.07, 6.45) is 5.87. The average Bonchev–Trinajstić information content (AvgIpc) is 2.89. The van der Waals surface area contributed by atoms with Gasteiger partial charge in [0.15, 0.2) is 0 Å². The zero-order chi connectivity index (χ0) is 26.2. The lowest BCUT2D eigenvalue weighted by Crippen LogP contribution is -2.53. The van der Waals surface area contributed by atoms with Crippen LogP contribution < -0.4 is 5.32 Å². The summed E-state index contributed by atoms with van der Waals surface area (Å²) >= 11 is 18.6. The Hall–Kier alpha value is -2.53. The highest BCUT2D eigenvalue weighted by Gasteiger charge is 2.32. The summed E-state index contributed by atoms with van der Waals surface area (Å²) in [5, 5.41) is 4.67. The van der Waals surface area contributed by atoms with Crippen LogP contribution in [0.2, 0.25) is 15.1 Å². The Balaban J connectivity index is 1.67. The summed E-state index contributed by atoms with van der Waals surface area (Å²) in [6.45, 7) is 0.228. The molecule has 1 atom stereocenters. The number of carbonyl (C=O) groups excluding carboxylic acids is 2. The van der Waals surface area contributed by atoms with E-state index in [0.717, 1.165) is 42.4 Å². The Morgan fingerprint density at radius 1 is 0.811 bits per heavy atom. The van der Waals surface area contributed by atoms with Crippen LogP contribution >= 0.6 is 34.8 Å². The number of benzene rings is 3. The fraction of sp³-hybridized carbons (Fsp3) is 0.333. The molecule has 2 amide bonds. The Labute approximate surface area is 233 Å². The van der Waals surface area contributed by atoms with E-state index in [2.05, 4.69) is 5.32 Å². The summed E-state index contributed by atoms with van der Waals surface area (Å²) in [6, 6.07) is 21.8. The minimum atomic E-state index is -0.689. The van der Waals surface area contributed by atoms with Crippen LogP contribution in [0.3, 0.4) is 0 Å². The minimum absolute atomic E-state index is 0.129. The first-order valence-electron chi connectivity index (χ1n) is 12.7. The van der Waals surface area contributed by atoms with Crippen molar-refractivity contribution in [3.05, 3.63) is 105 Å². The lowest BCUT2D eigenvalue weighted by Gasteiger charge is -2.33. The first kappa shape index (κ1) is 27.5. The quantitative estimate of drug-likeness (QED) is 0.301. The highest BCUT2D eigenvalue weighted by molar-refractivity contribution is 6.42. The molecule has 0 unspecified atom stereocenters. The zero-order valence-electron chi connectivity index (χ0n) is 20.6. The maximum absolute atomic E-state index is 13.9. The third-order valence-corrected chi connectivity index (χ3v) is 7.78. The van der Waals surface area contributed by atoms with Crippen LogP contribution in [-0.4, -0.2) is 28.8 Å².